The normalized spacial score (nSPS) is 14.9. The van der Waals surface area contributed by atoms with Gasteiger partial charge in [0.15, 0.2) is 18.3 Å². The Kier molecular flexibility index (Phi) is 7.47. The van der Waals surface area contributed by atoms with Crippen LogP contribution < -0.4 is 9.47 Å². The summed E-state index contributed by atoms with van der Waals surface area (Å²) in [6.45, 7) is -0.216. The third-order valence-electron chi connectivity index (χ3n) is 4.07. The molecule has 0 aliphatic heterocycles. The Labute approximate surface area is 152 Å². The Morgan fingerprint density at radius 2 is 1.92 bits per heavy atom. The largest absolute Gasteiger partial charge is 0.493 e. The standard InChI is InChI=1S/C19H24O7/c1-23-12-25-18(20)11-14(19(21)22)9-13-7-8-16(17(10-13)24-2)26-15-5-3-4-6-15/h7-10,15H,3-6,11-12H2,1-2H3,(H,21,22)/b14-9+. The van der Waals surface area contributed by atoms with E-state index in [1.165, 1.54) is 20.3 Å². The van der Waals surface area contributed by atoms with Crippen LogP contribution >= 0.6 is 0 Å². The van der Waals surface area contributed by atoms with Gasteiger partial charge in [-0.05, 0) is 49.5 Å². The molecule has 2 rings (SSSR count). The van der Waals surface area contributed by atoms with Gasteiger partial charge in [-0.25, -0.2) is 4.79 Å². The molecule has 1 saturated carbocycles. The van der Waals surface area contributed by atoms with Crippen molar-refractivity contribution >= 4 is 18.0 Å². The van der Waals surface area contributed by atoms with Crippen molar-refractivity contribution in [1.29, 1.82) is 0 Å². The molecule has 0 heterocycles. The number of benzene rings is 1. The van der Waals surface area contributed by atoms with Crippen molar-refractivity contribution in [1.82, 2.24) is 0 Å². The van der Waals surface area contributed by atoms with Gasteiger partial charge in [0, 0.05) is 12.7 Å². The first kappa shape index (κ1) is 19.8. The van der Waals surface area contributed by atoms with E-state index in [-0.39, 0.29) is 24.9 Å². The van der Waals surface area contributed by atoms with Crippen LogP contribution in [0, 0.1) is 0 Å². The summed E-state index contributed by atoms with van der Waals surface area (Å²) in [6.07, 6.45) is 5.62. The molecule has 0 atom stereocenters. The van der Waals surface area contributed by atoms with E-state index in [1.807, 2.05) is 0 Å². The van der Waals surface area contributed by atoms with Gasteiger partial charge >= 0.3 is 11.9 Å². The summed E-state index contributed by atoms with van der Waals surface area (Å²) in [5.74, 6) is -0.705. The molecule has 0 radical (unpaired) electrons. The average Bonchev–Trinajstić information content (AvgIpc) is 3.13. The van der Waals surface area contributed by atoms with Crippen molar-refractivity contribution in [3.05, 3.63) is 29.3 Å². The van der Waals surface area contributed by atoms with Crippen molar-refractivity contribution < 1.29 is 33.6 Å². The van der Waals surface area contributed by atoms with Crippen molar-refractivity contribution in [3.63, 3.8) is 0 Å². The molecule has 1 aliphatic rings. The van der Waals surface area contributed by atoms with Crippen molar-refractivity contribution in [2.75, 3.05) is 21.0 Å². The topological polar surface area (TPSA) is 91.3 Å². The zero-order valence-electron chi connectivity index (χ0n) is 15.0. The molecule has 1 aliphatic carbocycles. The minimum Gasteiger partial charge on any atom is -0.493 e. The smallest absolute Gasteiger partial charge is 0.332 e. The summed E-state index contributed by atoms with van der Waals surface area (Å²) in [7, 11) is 2.91. The minimum absolute atomic E-state index is 0.0855. The summed E-state index contributed by atoms with van der Waals surface area (Å²) < 4.78 is 20.7. The van der Waals surface area contributed by atoms with Crippen LogP contribution in [0.5, 0.6) is 11.5 Å². The van der Waals surface area contributed by atoms with E-state index in [1.54, 1.807) is 18.2 Å². The molecule has 0 unspecified atom stereocenters. The molecule has 1 fully saturated rings. The molecule has 1 aromatic rings. The van der Waals surface area contributed by atoms with E-state index in [9.17, 15) is 14.7 Å². The highest BCUT2D eigenvalue weighted by Gasteiger charge is 2.19. The molecule has 142 valence electrons. The first-order chi connectivity index (χ1) is 12.5. The zero-order valence-corrected chi connectivity index (χ0v) is 15.0. The Balaban J connectivity index is 2.15. The van der Waals surface area contributed by atoms with E-state index in [0.29, 0.717) is 17.1 Å². The predicted molar refractivity (Wildman–Crippen MR) is 94.1 cm³/mol. The van der Waals surface area contributed by atoms with Gasteiger partial charge in [0.1, 0.15) is 0 Å². The number of hydrogen-bond donors (Lipinski definition) is 1. The second kappa shape index (κ2) is 9.82. The van der Waals surface area contributed by atoms with Crippen LogP contribution in [0.15, 0.2) is 23.8 Å². The van der Waals surface area contributed by atoms with Crippen LogP contribution in [-0.4, -0.2) is 44.2 Å². The summed E-state index contributed by atoms with van der Waals surface area (Å²) in [5, 5.41) is 9.32. The molecule has 7 nitrogen and oxygen atoms in total. The molecular formula is C19H24O7. The van der Waals surface area contributed by atoms with E-state index < -0.39 is 11.9 Å². The van der Waals surface area contributed by atoms with Gasteiger partial charge < -0.3 is 24.1 Å². The number of methoxy groups -OCH3 is 2. The highest BCUT2D eigenvalue weighted by molar-refractivity contribution is 5.97. The van der Waals surface area contributed by atoms with Gasteiger partial charge in [0.25, 0.3) is 0 Å². The predicted octanol–water partition coefficient (Wildman–Crippen LogP) is 3.02. The van der Waals surface area contributed by atoms with E-state index in [2.05, 4.69) is 4.74 Å². The van der Waals surface area contributed by atoms with Gasteiger partial charge in [-0.1, -0.05) is 6.07 Å². The van der Waals surface area contributed by atoms with Crippen LogP contribution in [0.25, 0.3) is 6.08 Å². The third kappa shape index (κ3) is 5.77. The number of ether oxygens (including phenoxy) is 4. The zero-order chi connectivity index (χ0) is 18.9. The van der Waals surface area contributed by atoms with Crippen LogP contribution in [0.3, 0.4) is 0 Å². The maximum absolute atomic E-state index is 11.6. The van der Waals surface area contributed by atoms with Gasteiger partial charge in [0.2, 0.25) is 0 Å². The average molecular weight is 364 g/mol. The fourth-order valence-electron chi connectivity index (χ4n) is 2.78. The number of hydrogen-bond acceptors (Lipinski definition) is 6. The molecule has 0 amide bonds. The lowest BCUT2D eigenvalue weighted by atomic mass is 10.1. The molecule has 0 aromatic heterocycles. The molecule has 0 spiro atoms. The minimum atomic E-state index is -1.19. The Bertz CT molecular complexity index is 660. The van der Waals surface area contributed by atoms with Crippen LogP contribution in [0.2, 0.25) is 0 Å². The molecular weight excluding hydrogens is 340 g/mol. The lowest BCUT2D eigenvalue weighted by Gasteiger charge is -2.16. The molecule has 7 heteroatoms. The fourth-order valence-corrected chi connectivity index (χ4v) is 2.78. The van der Waals surface area contributed by atoms with E-state index in [0.717, 1.165) is 25.7 Å². The van der Waals surface area contributed by atoms with Crippen molar-refractivity contribution in [3.8, 4) is 11.5 Å². The summed E-state index contributed by atoms with van der Waals surface area (Å²) in [6, 6.07) is 5.18. The van der Waals surface area contributed by atoms with Crippen LogP contribution in [0.4, 0.5) is 0 Å². The summed E-state index contributed by atoms with van der Waals surface area (Å²) in [5.41, 5.74) is 0.509. The number of carboxylic acids is 1. The van der Waals surface area contributed by atoms with Crippen molar-refractivity contribution in [2.24, 2.45) is 0 Å². The lowest BCUT2D eigenvalue weighted by Crippen LogP contribution is -2.12. The highest BCUT2D eigenvalue weighted by atomic mass is 16.7. The summed E-state index contributed by atoms with van der Waals surface area (Å²) >= 11 is 0. The van der Waals surface area contributed by atoms with Gasteiger partial charge in [0.05, 0.1) is 19.6 Å². The SMILES string of the molecule is COCOC(=O)C/C(=C\c1ccc(OC2CCCC2)c(OC)c1)C(=O)O. The second-order valence-electron chi connectivity index (χ2n) is 6.01. The second-order valence-corrected chi connectivity index (χ2v) is 6.01. The molecule has 0 saturated heterocycles. The maximum Gasteiger partial charge on any atom is 0.332 e. The number of esters is 1. The van der Waals surface area contributed by atoms with E-state index in [4.69, 9.17) is 14.2 Å². The van der Waals surface area contributed by atoms with Gasteiger partial charge in [-0.3, -0.25) is 4.79 Å². The number of rotatable bonds is 9. The molecule has 1 aromatic carbocycles. The van der Waals surface area contributed by atoms with E-state index >= 15 is 0 Å². The fraction of sp³-hybridized carbons (Fsp3) is 0.474. The molecule has 26 heavy (non-hydrogen) atoms. The van der Waals surface area contributed by atoms with Crippen molar-refractivity contribution in [2.45, 2.75) is 38.2 Å². The Morgan fingerprint density at radius 3 is 2.54 bits per heavy atom. The summed E-state index contributed by atoms with van der Waals surface area (Å²) in [4.78, 5) is 23.0. The van der Waals surface area contributed by atoms with Gasteiger partial charge in [-0.15, -0.1) is 0 Å². The monoisotopic (exact) mass is 364 g/mol. The maximum atomic E-state index is 11.6. The highest BCUT2D eigenvalue weighted by Crippen LogP contribution is 2.33. The number of carboxylic acid groups (broad SMARTS) is 1. The number of carbonyl (C=O) groups excluding carboxylic acids is 1. The Morgan fingerprint density at radius 1 is 1.19 bits per heavy atom. The molecule has 0 bridgehead atoms. The Hall–Kier alpha value is -2.54. The van der Waals surface area contributed by atoms with Gasteiger partial charge in [-0.2, -0.15) is 0 Å². The number of aliphatic carboxylic acids is 1. The lowest BCUT2D eigenvalue weighted by molar-refractivity contribution is -0.154. The molecule has 1 N–H and O–H groups in total. The van der Waals surface area contributed by atoms with Crippen LogP contribution in [0.1, 0.15) is 37.7 Å². The number of carbonyl (C=O) groups is 2. The first-order valence-electron chi connectivity index (χ1n) is 8.46. The quantitative estimate of drug-likeness (QED) is 0.409. The van der Waals surface area contributed by atoms with Crippen LogP contribution in [-0.2, 0) is 19.1 Å². The third-order valence-corrected chi connectivity index (χ3v) is 4.07. The first-order valence-corrected chi connectivity index (χ1v) is 8.46.